The second-order valence-electron chi connectivity index (χ2n) is 5.93. The second-order valence-corrected chi connectivity index (χ2v) is 5.93. The van der Waals surface area contributed by atoms with E-state index in [0.717, 1.165) is 0 Å². The molecule has 5 atom stereocenters. The molecule has 0 aliphatic carbocycles. The Kier molecular flexibility index (Phi) is 5.53. The van der Waals surface area contributed by atoms with Crippen LogP contribution >= 0.6 is 0 Å². The Morgan fingerprint density at radius 1 is 1.04 bits per heavy atom. The summed E-state index contributed by atoms with van der Waals surface area (Å²) in [6.07, 6.45) is -7.38. The van der Waals surface area contributed by atoms with Crippen LogP contribution in [-0.4, -0.2) is 72.0 Å². The van der Waals surface area contributed by atoms with E-state index < -0.39 is 42.9 Å². The van der Waals surface area contributed by atoms with Crippen molar-refractivity contribution in [2.45, 2.75) is 30.7 Å². The molecule has 0 bridgehead atoms. The summed E-state index contributed by atoms with van der Waals surface area (Å²) in [5.41, 5.74) is -0.518. The highest BCUT2D eigenvalue weighted by atomic mass is 16.7. The van der Waals surface area contributed by atoms with Gasteiger partial charge in [0.1, 0.15) is 24.4 Å². The molecule has 27 heavy (non-hydrogen) atoms. The zero-order chi connectivity index (χ0) is 19.7. The molecule has 148 valence electrons. The van der Waals surface area contributed by atoms with Crippen molar-refractivity contribution < 1.29 is 43.8 Å². The first-order valence-corrected chi connectivity index (χ1v) is 8.07. The average Bonchev–Trinajstić information content (AvgIpc) is 2.67. The van der Waals surface area contributed by atoms with Crippen molar-refractivity contribution in [3.8, 4) is 17.2 Å². The highest BCUT2D eigenvalue weighted by Gasteiger charge is 2.45. The second kappa shape index (κ2) is 7.71. The maximum atomic E-state index is 11.6. The predicted octanol–water partition coefficient (Wildman–Crippen LogP) is -1.01. The number of rotatable bonds is 5. The summed E-state index contributed by atoms with van der Waals surface area (Å²) in [5.74, 6) is 0.148. The first-order valence-electron chi connectivity index (χ1n) is 8.07. The van der Waals surface area contributed by atoms with Crippen LogP contribution in [0.4, 0.5) is 0 Å². The summed E-state index contributed by atoms with van der Waals surface area (Å²) >= 11 is 0. The van der Waals surface area contributed by atoms with E-state index in [2.05, 4.69) is 0 Å². The fourth-order valence-corrected chi connectivity index (χ4v) is 2.87. The minimum absolute atomic E-state index is 0.0130. The minimum Gasteiger partial charge on any atom is -0.493 e. The number of benzene rings is 1. The summed E-state index contributed by atoms with van der Waals surface area (Å²) in [6.45, 7) is -0.605. The van der Waals surface area contributed by atoms with Gasteiger partial charge in [-0.05, 0) is 12.1 Å². The summed E-state index contributed by atoms with van der Waals surface area (Å²) < 4.78 is 26.7. The Bertz CT molecular complexity index is 861. The van der Waals surface area contributed by atoms with Crippen molar-refractivity contribution in [1.82, 2.24) is 0 Å². The quantitative estimate of drug-likeness (QED) is 0.473. The van der Waals surface area contributed by atoms with Crippen LogP contribution in [0.5, 0.6) is 17.2 Å². The molecule has 0 radical (unpaired) electrons. The van der Waals surface area contributed by atoms with Crippen LogP contribution in [0.3, 0.4) is 0 Å². The lowest BCUT2D eigenvalue weighted by molar-refractivity contribution is -0.277. The molecule has 2 aromatic rings. The SMILES string of the molecule is COc1cc2ccc(=O)oc2c(OC)c1O[C@@H]1O[C@@H](CO)[C@H](O)[C@@H](O)[C@@H]1O. The fourth-order valence-electron chi connectivity index (χ4n) is 2.87. The Morgan fingerprint density at radius 2 is 1.78 bits per heavy atom. The monoisotopic (exact) mass is 384 g/mol. The van der Waals surface area contributed by atoms with Crippen molar-refractivity contribution in [1.29, 1.82) is 0 Å². The Labute approximate surface area is 153 Å². The van der Waals surface area contributed by atoms with Gasteiger partial charge in [-0.25, -0.2) is 4.79 Å². The minimum atomic E-state index is -1.63. The summed E-state index contributed by atoms with van der Waals surface area (Å²) in [6, 6.07) is 4.28. The summed E-state index contributed by atoms with van der Waals surface area (Å²) in [7, 11) is 2.70. The molecule has 0 spiro atoms. The van der Waals surface area contributed by atoms with Crippen molar-refractivity contribution in [3.05, 3.63) is 28.6 Å². The van der Waals surface area contributed by atoms with Crippen molar-refractivity contribution in [3.63, 3.8) is 0 Å². The third kappa shape index (κ3) is 3.45. The predicted molar refractivity (Wildman–Crippen MR) is 90.0 cm³/mol. The van der Waals surface area contributed by atoms with E-state index in [1.165, 1.54) is 32.4 Å². The van der Waals surface area contributed by atoms with E-state index in [1.807, 2.05) is 0 Å². The third-order valence-electron chi connectivity index (χ3n) is 4.29. The van der Waals surface area contributed by atoms with Gasteiger partial charge in [0.2, 0.25) is 17.8 Å². The standard InChI is InChI=1S/C17H20O10/c1-23-8-5-7-3-4-10(19)26-14(7)16(24-2)15(8)27-17-13(22)12(21)11(20)9(6-18)25-17/h3-5,9,11-13,17-18,20-22H,6H2,1-2H3/t9-,11-,12+,13-,17-/m0/s1. The number of hydrogen-bond acceptors (Lipinski definition) is 10. The van der Waals surface area contributed by atoms with Crippen molar-refractivity contribution in [2.24, 2.45) is 0 Å². The number of fused-ring (bicyclic) bond motifs is 1. The van der Waals surface area contributed by atoms with Gasteiger partial charge >= 0.3 is 5.63 Å². The van der Waals surface area contributed by atoms with E-state index in [4.69, 9.17) is 23.4 Å². The summed E-state index contributed by atoms with van der Waals surface area (Å²) in [4.78, 5) is 11.6. The van der Waals surface area contributed by atoms with E-state index in [-0.39, 0.29) is 22.8 Å². The van der Waals surface area contributed by atoms with Gasteiger partial charge in [0.15, 0.2) is 11.3 Å². The first kappa shape index (κ1) is 19.4. The molecule has 0 saturated carbocycles. The summed E-state index contributed by atoms with van der Waals surface area (Å²) in [5, 5.41) is 39.7. The maximum Gasteiger partial charge on any atom is 0.336 e. The van der Waals surface area contributed by atoms with E-state index in [1.54, 1.807) is 0 Å². The molecule has 1 aliphatic heterocycles. The van der Waals surface area contributed by atoms with Crippen molar-refractivity contribution in [2.75, 3.05) is 20.8 Å². The van der Waals surface area contributed by atoms with Crippen LogP contribution in [0.1, 0.15) is 0 Å². The van der Waals surface area contributed by atoms with E-state index in [0.29, 0.717) is 5.39 Å². The molecule has 10 heteroatoms. The first-order chi connectivity index (χ1) is 12.9. The van der Waals surface area contributed by atoms with Crippen molar-refractivity contribution >= 4 is 11.0 Å². The largest absolute Gasteiger partial charge is 0.493 e. The molecule has 1 aromatic carbocycles. The lowest BCUT2D eigenvalue weighted by atomic mass is 9.99. The highest BCUT2D eigenvalue weighted by Crippen LogP contribution is 2.44. The molecule has 1 aromatic heterocycles. The van der Waals surface area contributed by atoms with Gasteiger partial charge in [-0.15, -0.1) is 0 Å². The molecule has 10 nitrogen and oxygen atoms in total. The van der Waals surface area contributed by atoms with Gasteiger partial charge in [-0.3, -0.25) is 0 Å². The van der Waals surface area contributed by atoms with E-state index in [9.17, 15) is 25.2 Å². The van der Waals surface area contributed by atoms with Crippen LogP contribution < -0.4 is 19.8 Å². The molecular formula is C17H20O10. The molecular weight excluding hydrogens is 364 g/mol. The zero-order valence-corrected chi connectivity index (χ0v) is 14.6. The zero-order valence-electron chi connectivity index (χ0n) is 14.6. The molecule has 1 aliphatic rings. The molecule has 4 N–H and O–H groups in total. The fraction of sp³-hybridized carbons (Fsp3) is 0.471. The molecule has 1 fully saturated rings. The molecule has 0 amide bonds. The van der Waals surface area contributed by atoms with Crippen LogP contribution in [-0.2, 0) is 4.74 Å². The molecule has 2 heterocycles. The lowest BCUT2D eigenvalue weighted by Crippen LogP contribution is -2.60. The Morgan fingerprint density at radius 3 is 2.41 bits per heavy atom. The highest BCUT2D eigenvalue weighted by molar-refractivity contribution is 5.88. The van der Waals surface area contributed by atoms with Crippen LogP contribution in [0, 0.1) is 0 Å². The third-order valence-corrected chi connectivity index (χ3v) is 4.29. The normalized spacial score (nSPS) is 28.1. The van der Waals surface area contributed by atoms with Gasteiger partial charge in [-0.1, -0.05) is 0 Å². The number of hydrogen-bond donors (Lipinski definition) is 4. The Balaban J connectivity index is 2.06. The van der Waals surface area contributed by atoms with Gasteiger partial charge in [-0.2, -0.15) is 0 Å². The molecule has 1 saturated heterocycles. The average molecular weight is 384 g/mol. The molecule has 0 unspecified atom stereocenters. The number of aliphatic hydroxyl groups excluding tert-OH is 4. The number of aliphatic hydroxyl groups is 4. The van der Waals surface area contributed by atoms with E-state index >= 15 is 0 Å². The van der Waals surface area contributed by atoms with Crippen LogP contribution in [0.15, 0.2) is 27.4 Å². The van der Waals surface area contributed by atoms with Gasteiger partial charge in [0, 0.05) is 11.5 Å². The number of methoxy groups -OCH3 is 2. The number of ether oxygens (including phenoxy) is 4. The molecule has 3 rings (SSSR count). The van der Waals surface area contributed by atoms with Gasteiger partial charge in [0.05, 0.1) is 20.8 Å². The maximum absolute atomic E-state index is 11.6. The van der Waals surface area contributed by atoms with Crippen LogP contribution in [0.2, 0.25) is 0 Å². The smallest absolute Gasteiger partial charge is 0.336 e. The van der Waals surface area contributed by atoms with Crippen LogP contribution in [0.25, 0.3) is 11.0 Å². The van der Waals surface area contributed by atoms with Gasteiger partial charge < -0.3 is 43.8 Å². The topological polar surface area (TPSA) is 148 Å². The lowest BCUT2D eigenvalue weighted by Gasteiger charge is -2.39. The Hall–Kier alpha value is -2.37. The van der Waals surface area contributed by atoms with Gasteiger partial charge in [0.25, 0.3) is 0 Å².